The molecule has 0 radical (unpaired) electrons. The number of Topliss-reactive ketones (excluding diaryl/α,β-unsaturated/α-hetero) is 1. The molecule has 1 N–H and O–H groups in total. The highest BCUT2D eigenvalue weighted by atomic mass is 16.5. The van der Waals surface area contributed by atoms with Crippen molar-refractivity contribution in [2.24, 2.45) is 0 Å². The highest BCUT2D eigenvalue weighted by Crippen LogP contribution is 2.40. The molecule has 1 unspecified atom stereocenters. The fourth-order valence-electron chi connectivity index (χ4n) is 2.20. The zero-order valence-electron chi connectivity index (χ0n) is 10.3. The highest BCUT2D eigenvalue weighted by Gasteiger charge is 2.32. The number of hydrogen-bond acceptors (Lipinski definition) is 4. The maximum Gasteiger partial charge on any atom is 0.198 e. The fourth-order valence-corrected chi connectivity index (χ4v) is 2.20. The molecule has 18 heavy (non-hydrogen) atoms. The molecule has 0 saturated carbocycles. The zero-order chi connectivity index (χ0) is 12.9. The van der Waals surface area contributed by atoms with Gasteiger partial charge in [-0.2, -0.15) is 0 Å². The Morgan fingerprint density at radius 3 is 2.94 bits per heavy atom. The van der Waals surface area contributed by atoms with E-state index in [9.17, 15) is 9.90 Å². The third kappa shape index (κ3) is 1.61. The Bertz CT molecular complexity index is 557. The lowest BCUT2D eigenvalue weighted by Gasteiger charge is -2.30. The van der Waals surface area contributed by atoms with Gasteiger partial charge in [0.1, 0.15) is 23.7 Å². The molecule has 0 bridgehead atoms. The van der Waals surface area contributed by atoms with E-state index in [4.69, 9.17) is 9.47 Å². The number of carbonyl (C=O) groups is 1. The number of aliphatic hydroxyl groups excluding tert-OH is 1. The second-order valence-electron chi connectivity index (χ2n) is 5.08. The summed E-state index contributed by atoms with van der Waals surface area (Å²) in [5.41, 5.74) is 0.826. The molecule has 0 fully saturated rings. The summed E-state index contributed by atoms with van der Waals surface area (Å²) >= 11 is 0. The zero-order valence-corrected chi connectivity index (χ0v) is 10.3. The third-order valence-corrected chi connectivity index (χ3v) is 3.13. The van der Waals surface area contributed by atoms with Gasteiger partial charge in [-0.1, -0.05) is 0 Å². The lowest BCUT2D eigenvalue weighted by Crippen LogP contribution is -2.34. The van der Waals surface area contributed by atoms with E-state index < -0.39 is 6.10 Å². The van der Waals surface area contributed by atoms with Gasteiger partial charge in [0, 0.05) is 0 Å². The Balaban J connectivity index is 2.14. The maximum atomic E-state index is 11.8. The minimum Gasteiger partial charge on any atom is -0.489 e. The van der Waals surface area contributed by atoms with Crippen molar-refractivity contribution in [1.82, 2.24) is 0 Å². The summed E-state index contributed by atoms with van der Waals surface area (Å²) in [6.07, 6.45) is 2.76. The summed E-state index contributed by atoms with van der Waals surface area (Å²) in [4.78, 5) is 11.8. The number of carbonyl (C=O) groups excluding carboxylic acids is 1. The summed E-state index contributed by atoms with van der Waals surface area (Å²) < 4.78 is 11.3. The second-order valence-corrected chi connectivity index (χ2v) is 5.08. The topological polar surface area (TPSA) is 55.8 Å². The van der Waals surface area contributed by atoms with Crippen molar-refractivity contribution in [2.45, 2.75) is 25.6 Å². The summed E-state index contributed by atoms with van der Waals surface area (Å²) in [6, 6.07) is 3.40. The van der Waals surface area contributed by atoms with E-state index in [1.807, 2.05) is 26.0 Å². The molecule has 2 aliphatic heterocycles. The molecule has 2 heterocycles. The summed E-state index contributed by atoms with van der Waals surface area (Å²) in [7, 11) is 0. The smallest absolute Gasteiger partial charge is 0.198 e. The normalized spacial score (nSPS) is 23.7. The SMILES string of the molecule is CC1(C)C=Cc2c(ccc3c2OCC(O)C3=O)O1. The molecule has 94 valence electrons. The van der Waals surface area contributed by atoms with Crippen molar-refractivity contribution in [3.05, 3.63) is 29.3 Å². The number of benzene rings is 1. The molecule has 4 heteroatoms. The van der Waals surface area contributed by atoms with Crippen LogP contribution < -0.4 is 9.47 Å². The molecule has 0 saturated heterocycles. The molecule has 4 nitrogen and oxygen atoms in total. The Morgan fingerprint density at radius 2 is 2.17 bits per heavy atom. The summed E-state index contributed by atoms with van der Waals surface area (Å²) in [5.74, 6) is 0.914. The standard InChI is InChI=1S/C14H14O4/c1-14(2)6-5-8-11(18-14)4-3-9-12(16)10(15)7-17-13(8)9/h3-6,10,15H,7H2,1-2H3. The van der Waals surface area contributed by atoms with Crippen LogP contribution in [0.2, 0.25) is 0 Å². The molecule has 1 aromatic carbocycles. The molecule has 3 rings (SSSR count). The molecule has 0 aromatic heterocycles. The van der Waals surface area contributed by atoms with Crippen LogP contribution in [-0.4, -0.2) is 29.2 Å². The monoisotopic (exact) mass is 246 g/mol. The van der Waals surface area contributed by atoms with Crippen LogP contribution in [0.25, 0.3) is 6.08 Å². The molecule has 1 atom stereocenters. The van der Waals surface area contributed by atoms with E-state index in [1.54, 1.807) is 12.1 Å². The first kappa shape index (κ1) is 11.3. The minimum atomic E-state index is -1.07. The van der Waals surface area contributed by atoms with Gasteiger partial charge in [-0.25, -0.2) is 0 Å². The van der Waals surface area contributed by atoms with Gasteiger partial charge in [0.2, 0.25) is 0 Å². The predicted molar refractivity (Wildman–Crippen MR) is 66.0 cm³/mol. The molecule has 1 aromatic rings. The first-order valence-corrected chi connectivity index (χ1v) is 5.88. The van der Waals surface area contributed by atoms with Gasteiger partial charge >= 0.3 is 0 Å². The molecule has 0 spiro atoms. The summed E-state index contributed by atoms with van der Waals surface area (Å²) in [5, 5.41) is 9.49. The Morgan fingerprint density at radius 1 is 1.39 bits per heavy atom. The van der Waals surface area contributed by atoms with Crippen molar-refractivity contribution in [2.75, 3.05) is 6.61 Å². The van der Waals surface area contributed by atoms with E-state index >= 15 is 0 Å². The van der Waals surface area contributed by atoms with E-state index in [0.29, 0.717) is 17.1 Å². The molecular weight excluding hydrogens is 232 g/mol. The van der Waals surface area contributed by atoms with E-state index in [-0.39, 0.29) is 18.0 Å². The van der Waals surface area contributed by atoms with Crippen LogP contribution in [0.15, 0.2) is 18.2 Å². The first-order valence-electron chi connectivity index (χ1n) is 5.88. The van der Waals surface area contributed by atoms with Gasteiger partial charge in [0.25, 0.3) is 0 Å². The van der Waals surface area contributed by atoms with E-state index in [0.717, 1.165) is 5.56 Å². The predicted octanol–water partition coefficient (Wildman–Crippen LogP) is 1.81. The Hall–Kier alpha value is -1.81. The van der Waals surface area contributed by atoms with Crippen LogP contribution in [0, 0.1) is 0 Å². The number of aliphatic hydroxyl groups is 1. The minimum absolute atomic E-state index is 0.000477. The van der Waals surface area contributed by atoms with Gasteiger partial charge in [0.15, 0.2) is 11.9 Å². The van der Waals surface area contributed by atoms with E-state index in [2.05, 4.69) is 0 Å². The number of hydrogen-bond donors (Lipinski definition) is 1. The van der Waals surface area contributed by atoms with Crippen molar-refractivity contribution in [3.8, 4) is 11.5 Å². The lowest BCUT2D eigenvalue weighted by molar-refractivity contribution is 0.0555. The van der Waals surface area contributed by atoms with Crippen molar-refractivity contribution < 1.29 is 19.4 Å². The first-order chi connectivity index (χ1) is 8.48. The largest absolute Gasteiger partial charge is 0.489 e. The van der Waals surface area contributed by atoms with Gasteiger partial charge in [0.05, 0.1) is 11.1 Å². The van der Waals surface area contributed by atoms with Crippen LogP contribution >= 0.6 is 0 Å². The quantitative estimate of drug-likeness (QED) is 0.758. The molecular formula is C14H14O4. The number of ether oxygens (including phenoxy) is 2. The number of ketones is 1. The number of fused-ring (bicyclic) bond motifs is 3. The Kier molecular flexibility index (Phi) is 2.25. The van der Waals surface area contributed by atoms with Crippen LogP contribution in [0.4, 0.5) is 0 Å². The van der Waals surface area contributed by atoms with Gasteiger partial charge < -0.3 is 14.6 Å². The molecule has 2 aliphatic rings. The lowest BCUT2D eigenvalue weighted by atomic mass is 9.95. The highest BCUT2D eigenvalue weighted by molar-refractivity contribution is 6.04. The molecule has 0 aliphatic carbocycles. The average Bonchev–Trinajstić information content (AvgIpc) is 2.32. The Labute approximate surface area is 105 Å². The van der Waals surface area contributed by atoms with Crippen molar-refractivity contribution in [1.29, 1.82) is 0 Å². The van der Waals surface area contributed by atoms with E-state index in [1.165, 1.54) is 0 Å². The maximum absolute atomic E-state index is 11.8. The number of rotatable bonds is 0. The fraction of sp³-hybridized carbons (Fsp3) is 0.357. The molecule has 0 amide bonds. The third-order valence-electron chi connectivity index (χ3n) is 3.13. The van der Waals surface area contributed by atoms with Crippen LogP contribution in [-0.2, 0) is 0 Å². The average molecular weight is 246 g/mol. The van der Waals surface area contributed by atoms with Crippen LogP contribution in [0.1, 0.15) is 29.8 Å². The van der Waals surface area contributed by atoms with Gasteiger partial charge in [-0.15, -0.1) is 0 Å². The van der Waals surface area contributed by atoms with Gasteiger partial charge in [-0.05, 0) is 38.1 Å². The van der Waals surface area contributed by atoms with Gasteiger partial charge in [-0.3, -0.25) is 4.79 Å². The van der Waals surface area contributed by atoms with Crippen LogP contribution in [0.5, 0.6) is 11.5 Å². The second kappa shape index (κ2) is 3.59. The summed E-state index contributed by atoms with van der Waals surface area (Å²) in [6.45, 7) is 3.92. The van der Waals surface area contributed by atoms with Crippen molar-refractivity contribution in [3.63, 3.8) is 0 Å². The van der Waals surface area contributed by atoms with Crippen molar-refractivity contribution >= 4 is 11.9 Å². The van der Waals surface area contributed by atoms with Crippen LogP contribution in [0.3, 0.4) is 0 Å².